The first-order valence-electron chi connectivity index (χ1n) is 6.78. The van der Waals surface area contributed by atoms with E-state index in [1.54, 1.807) is 0 Å². The van der Waals surface area contributed by atoms with Crippen LogP contribution in [-0.4, -0.2) is 92.1 Å². The summed E-state index contributed by atoms with van der Waals surface area (Å²) in [6.07, 6.45) is -13.0. The molecule has 0 aromatic heterocycles. The minimum atomic E-state index is -1.58. The lowest BCUT2D eigenvalue weighted by Crippen LogP contribution is -2.62. The van der Waals surface area contributed by atoms with Gasteiger partial charge in [0.05, 0.1) is 12.2 Å². The minimum Gasteiger partial charge on any atom is -0.388 e. The maximum atomic E-state index is 9.91. The Labute approximate surface area is 121 Å². The summed E-state index contributed by atoms with van der Waals surface area (Å²) in [5, 5.41) is 58.5. The largest absolute Gasteiger partial charge is 0.388 e. The van der Waals surface area contributed by atoms with Gasteiger partial charge in [-0.2, -0.15) is 0 Å². The molecule has 0 aromatic carbocycles. The van der Waals surface area contributed by atoms with Crippen LogP contribution in [0.5, 0.6) is 0 Å². The fraction of sp³-hybridized carbons (Fsp3) is 1.00. The van der Waals surface area contributed by atoms with Crippen molar-refractivity contribution in [1.29, 1.82) is 0 Å². The zero-order chi connectivity index (χ0) is 15.9. The molecule has 0 aliphatic carbocycles. The van der Waals surface area contributed by atoms with Gasteiger partial charge in [0.1, 0.15) is 36.6 Å². The topological polar surface area (TPSA) is 149 Å². The molecule has 9 nitrogen and oxygen atoms in total. The quantitative estimate of drug-likeness (QED) is 0.308. The van der Waals surface area contributed by atoms with Gasteiger partial charge in [-0.05, 0) is 13.8 Å². The lowest BCUT2D eigenvalue weighted by Gasteiger charge is -2.44. The number of hydrogen-bond acceptors (Lipinski definition) is 9. The Hall–Kier alpha value is -0.360. The Morgan fingerprint density at radius 1 is 0.667 bits per heavy atom. The van der Waals surface area contributed by atoms with Gasteiger partial charge in [0.15, 0.2) is 12.6 Å². The molecule has 2 aliphatic heterocycles. The molecule has 0 unspecified atom stereocenters. The molecule has 2 saturated heterocycles. The number of ether oxygens (including phenoxy) is 3. The van der Waals surface area contributed by atoms with Crippen LogP contribution in [-0.2, 0) is 14.2 Å². The monoisotopic (exact) mass is 310 g/mol. The van der Waals surface area contributed by atoms with Crippen LogP contribution in [0.2, 0.25) is 0 Å². The summed E-state index contributed by atoms with van der Waals surface area (Å²) in [5.41, 5.74) is 0. The maximum absolute atomic E-state index is 9.91. The summed E-state index contributed by atoms with van der Waals surface area (Å²) < 4.78 is 15.5. The van der Waals surface area contributed by atoms with Gasteiger partial charge >= 0.3 is 0 Å². The Kier molecular flexibility index (Phi) is 5.19. The van der Waals surface area contributed by atoms with Gasteiger partial charge in [0, 0.05) is 0 Å². The highest BCUT2D eigenvalue weighted by Crippen LogP contribution is 2.28. The van der Waals surface area contributed by atoms with Crippen molar-refractivity contribution in [3.63, 3.8) is 0 Å². The van der Waals surface area contributed by atoms with Crippen molar-refractivity contribution < 1.29 is 44.8 Å². The van der Waals surface area contributed by atoms with Crippen LogP contribution in [0, 0.1) is 0 Å². The number of hydrogen-bond donors (Lipinski definition) is 6. The zero-order valence-electron chi connectivity index (χ0n) is 11.7. The molecule has 0 aromatic rings. The van der Waals surface area contributed by atoms with E-state index in [-0.39, 0.29) is 0 Å². The number of aliphatic hydroxyl groups excluding tert-OH is 6. The number of rotatable bonds is 2. The minimum absolute atomic E-state index is 0.793. The van der Waals surface area contributed by atoms with Crippen LogP contribution in [0.1, 0.15) is 13.8 Å². The van der Waals surface area contributed by atoms with E-state index in [0.717, 1.165) is 0 Å². The second-order valence-electron chi connectivity index (χ2n) is 5.50. The molecule has 2 fully saturated rings. The lowest BCUT2D eigenvalue weighted by atomic mass is 9.98. The summed E-state index contributed by atoms with van der Waals surface area (Å²) in [4.78, 5) is 0. The standard InChI is InChI=1S/C12H22O9/c1-3-6(14)8(16)10(11(18)19-3)21-12-9(17)7(15)5(13)4(2)20-12/h3-18H,1-2H3/t3-,4-,5-,6-,7+,8+,9+,10+,11+,12-/m1/s1. The highest BCUT2D eigenvalue weighted by Gasteiger charge is 2.48. The van der Waals surface area contributed by atoms with Crippen LogP contribution in [0.3, 0.4) is 0 Å². The molecule has 6 N–H and O–H groups in total. The van der Waals surface area contributed by atoms with Crippen LogP contribution >= 0.6 is 0 Å². The zero-order valence-corrected chi connectivity index (χ0v) is 11.7. The number of aliphatic hydroxyl groups is 6. The van der Waals surface area contributed by atoms with E-state index in [1.807, 2.05) is 0 Å². The van der Waals surface area contributed by atoms with Crippen molar-refractivity contribution in [1.82, 2.24) is 0 Å². The average Bonchev–Trinajstić information content (AvgIpc) is 2.44. The average molecular weight is 310 g/mol. The van der Waals surface area contributed by atoms with Gasteiger partial charge in [-0.3, -0.25) is 0 Å². The van der Waals surface area contributed by atoms with Crippen molar-refractivity contribution in [3.05, 3.63) is 0 Å². The van der Waals surface area contributed by atoms with Crippen LogP contribution < -0.4 is 0 Å². The second-order valence-corrected chi connectivity index (χ2v) is 5.50. The predicted molar refractivity (Wildman–Crippen MR) is 65.8 cm³/mol. The van der Waals surface area contributed by atoms with Gasteiger partial charge < -0.3 is 44.8 Å². The molecule has 0 saturated carbocycles. The van der Waals surface area contributed by atoms with E-state index in [2.05, 4.69) is 0 Å². The fourth-order valence-electron chi connectivity index (χ4n) is 2.45. The van der Waals surface area contributed by atoms with Crippen molar-refractivity contribution in [2.24, 2.45) is 0 Å². The van der Waals surface area contributed by atoms with Gasteiger partial charge in [-0.25, -0.2) is 0 Å². The van der Waals surface area contributed by atoms with Gasteiger partial charge in [0.2, 0.25) is 0 Å². The van der Waals surface area contributed by atoms with Crippen molar-refractivity contribution in [3.8, 4) is 0 Å². The summed E-state index contributed by atoms with van der Waals surface area (Å²) in [7, 11) is 0. The van der Waals surface area contributed by atoms with Gasteiger partial charge in [0.25, 0.3) is 0 Å². The molecule has 0 amide bonds. The maximum Gasteiger partial charge on any atom is 0.187 e. The molecular formula is C12H22O9. The third kappa shape index (κ3) is 3.21. The molecule has 10 atom stereocenters. The van der Waals surface area contributed by atoms with Crippen LogP contribution in [0.4, 0.5) is 0 Å². The molecule has 0 radical (unpaired) electrons. The predicted octanol–water partition coefficient (Wildman–Crippen LogP) is -3.34. The Morgan fingerprint density at radius 2 is 1.19 bits per heavy atom. The Balaban J connectivity index is 2.06. The van der Waals surface area contributed by atoms with Gasteiger partial charge in [-0.1, -0.05) is 0 Å². The lowest BCUT2D eigenvalue weighted by molar-refractivity contribution is -0.356. The second kappa shape index (κ2) is 6.41. The Bertz CT molecular complexity index is 354. The van der Waals surface area contributed by atoms with E-state index in [4.69, 9.17) is 14.2 Å². The highest BCUT2D eigenvalue weighted by atomic mass is 16.7. The van der Waals surface area contributed by atoms with E-state index in [1.165, 1.54) is 13.8 Å². The van der Waals surface area contributed by atoms with Crippen molar-refractivity contribution in [2.75, 3.05) is 0 Å². The first-order chi connectivity index (χ1) is 9.73. The summed E-state index contributed by atoms with van der Waals surface area (Å²) >= 11 is 0. The molecule has 0 bridgehead atoms. The first-order valence-corrected chi connectivity index (χ1v) is 6.78. The van der Waals surface area contributed by atoms with E-state index in [0.29, 0.717) is 0 Å². The van der Waals surface area contributed by atoms with Gasteiger partial charge in [-0.15, -0.1) is 0 Å². The summed E-state index contributed by atoms with van der Waals surface area (Å²) in [6, 6.07) is 0. The molecule has 2 rings (SSSR count). The SMILES string of the molecule is C[C@H]1O[C@H](O[C@H]2[C@@H](O)[C@H](O)[C@@H](C)O[C@@H]2O)[C@@H](O)[C@@H](O)[C@@H]1O. The van der Waals surface area contributed by atoms with Crippen molar-refractivity contribution in [2.45, 2.75) is 75.3 Å². The molecule has 2 heterocycles. The molecule has 124 valence electrons. The summed E-state index contributed by atoms with van der Waals surface area (Å²) in [6.45, 7) is 2.94. The normalized spacial score (nSPS) is 55.4. The Morgan fingerprint density at radius 3 is 1.81 bits per heavy atom. The molecule has 2 aliphatic rings. The first kappa shape index (κ1) is 17.0. The molecule has 9 heteroatoms. The fourth-order valence-corrected chi connectivity index (χ4v) is 2.45. The van der Waals surface area contributed by atoms with E-state index in [9.17, 15) is 30.6 Å². The molecule has 21 heavy (non-hydrogen) atoms. The van der Waals surface area contributed by atoms with Crippen LogP contribution in [0.15, 0.2) is 0 Å². The van der Waals surface area contributed by atoms with E-state index >= 15 is 0 Å². The van der Waals surface area contributed by atoms with Crippen molar-refractivity contribution >= 4 is 0 Å². The smallest absolute Gasteiger partial charge is 0.187 e. The molecular weight excluding hydrogens is 288 g/mol. The third-order valence-electron chi connectivity index (χ3n) is 3.90. The summed E-state index contributed by atoms with van der Waals surface area (Å²) in [5.74, 6) is 0. The van der Waals surface area contributed by atoms with E-state index < -0.39 is 61.4 Å². The molecule has 0 spiro atoms. The van der Waals surface area contributed by atoms with Crippen LogP contribution in [0.25, 0.3) is 0 Å². The highest BCUT2D eigenvalue weighted by molar-refractivity contribution is 4.91. The third-order valence-corrected chi connectivity index (χ3v) is 3.90.